The first-order chi connectivity index (χ1) is 2.27. The lowest BCUT2D eigenvalue weighted by Crippen LogP contribution is -1.89. The van der Waals surface area contributed by atoms with Gasteiger partial charge in [0.1, 0.15) is 0 Å². The zero-order valence-electron chi connectivity index (χ0n) is 3.78. The second-order valence-electron chi connectivity index (χ2n) is 1.28. The molecule has 0 bridgehead atoms. The molecule has 30 valence electrons. The van der Waals surface area contributed by atoms with Gasteiger partial charge in [0.05, 0.1) is 0 Å². The van der Waals surface area contributed by atoms with Gasteiger partial charge in [0.2, 0.25) is 0 Å². The molecule has 0 nitrogen and oxygen atoms in total. The summed E-state index contributed by atoms with van der Waals surface area (Å²) in [6.45, 7) is 8.02. The van der Waals surface area contributed by atoms with E-state index in [2.05, 4.69) is 19.7 Å². The average molecular weight is 85.2 g/mol. The van der Waals surface area contributed by atoms with Gasteiger partial charge in [-0.2, -0.15) is 13.1 Å². The van der Waals surface area contributed by atoms with E-state index in [4.69, 9.17) is 0 Å². The maximum Gasteiger partial charge on any atom is -0.137 e. The number of hydrogen-bond acceptors (Lipinski definition) is 0. The number of rotatable bonds is 1. The predicted molar refractivity (Wildman–Crippen MR) is 27.7 cm³/mol. The summed E-state index contributed by atoms with van der Waals surface area (Å²) in [5.74, 6) is 0. The summed E-state index contributed by atoms with van der Waals surface area (Å²) in [7, 11) is -0.110. The molecule has 0 saturated carbocycles. The summed E-state index contributed by atoms with van der Waals surface area (Å²) >= 11 is 0. The van der Waals surface area contributed by atoms with Crippen LogP contribution in [0.15, 0.2) is 12.3 Å². The SMILES string of the molecule is C=C[Si-](C)C. The van der Waals surface area contributed by atoms with E-state index in [0.29, 0.717) is 0 Å². The lowest BCUT2D eigenvalue weighted by Gasteiger charge is -2.03. The lowest BCUT2D eigenvalue weighted by atomic mass is 11.3. The third-order valence-electron chi connectivity index (χ3n) is 0.408. The second kappa shape index (κ2) is 2.21. The first-order valence-electron chi connectivity index (χ1n) is 1.70. The molecule has 0 aliphatic carbocycles. The Kier molecular flexibility index (Phi) is 2.19. The average Bonchev–Trinajstić information content (AvgIpc) is 1.38. The molecular formula is C4H9Si-. The van der Waals surface area contributed by atoms with E-state index in [1.165, 1.54) is 0 Å². The Morgan fingerprint density at radius 2 is 1.80 bits per heavy atom. The molecule has 0 fully saturated rings. The maximum absolute atomic E-state index is 3.61. The minimum Gasteiger partial charge on any atom is -0.302 e. The van der Waals surface area contributed by atoms with Crippen molar-refractivity contribution < 1.29 is 0 Å². The van der Waals surface area contributed by atoms with E-state index in [1.54, 1.807) is 0 Å². The van der Waals surface area contributed by atoms with E-state index in [-0.39, 0.29) is 8.80 Å². The van der Waals surface area contributed by atoms with Gasteiger partial charge in [-0.1, -0.05) is 0 Å². The molecule has 0 radical (unpaired) electrons. The molecule has 0 saturated heterocycles. The van der Waals surface area contributed by atoms with Gasteiger partial charge in [0.15, 0.2) is 0 Å². The van der Waals surface area contributed by atoms with Crippen molar-refractivity contribution in [3.63, 3.8) is 0 Å². The molecule has 0 spiro atoms. The van der Waals surface area contributed by atoms with E-state index in [0.717, 1.165) is 0 Å². The van der Waals surface area contributed by atoms with Crippen molar-refractivity contribution >= 4 is 8.80 Å². The minimum atomic E-state index is -0.110. The van der Waals surface area contributed by atoms with E-state index in [1.807, 2.05) is 5.70 Å². The molecule has 0 N–H and O–H groups in total. The molecule has 0 heterocycles. The van der Waals surface area contributed by atoms with Crippen molar-refractivity contribution in [2.45, 2.75) is 13.1 Å². The molecule has 0 aromatic carbocycles. The molecular weight excluding hydrogens is 76.1 g/mol. The Bertz CT molecular complexity index is 30.6. The van der Waals surface area contributed by atoms with Crippen LogP contribution in [-0.2, 0) is 0 Å². The van der Waals surface area contributed by atoms with Gasteiger partial charge in [0.25, 0.3) is 0 Å². The highest BCUT2D eigenvalue weighted by molar-refractivity contribution is 6.61. The minimum absolute atomic E-state index is 0.110. The molecule has 5 heavy (non-hydrogen) atoms. The van der Waals surface area contributed by atoms with E-state index >= 15 is 0 Å². The van der Waals surface area contributed by atoms with Crippen LogP contribution in [0.1, 0.15) is 0 Å². The first-order valence-corrected chi connectivity index (χ1v) is 4.27. The summed E-state index contributed by atoms with van der Waals surface area (Å²) in [5.41, 5.74) is 2.02. The zero-order valence-corrected chi connectivity index (χ0v) is 4.78. The fraction of sp³-hybridized carbons (Fsp3) is 0.500. The summed E-state index contributed by atoms with van der Waals surface area (Å²) < 4.78 is 0. The van der Waals surface area contributed by atoms with Crippen molar-refractivity contribution in [1.82, 2.24) is 0 Å². The van der Waals surface area contributed by atoms with Crippen LogP contribution in [0, 0.1) is 0 Å². The molecule has 1 heteroatoms. The van der Waals surface area contributed by atoms with Crippen LogP contribution in [-0.4, -0.2) is 8.80 Å². The molecule has 0 amide bonds. The van der Waals surface area contributed by atoms with Crippen LogP contribution in [0.3, 0.4) is 0 Å². The Hall–Kier alpha value is -0.0431. The van der Waals surface area contributed by atoms with Crippen molar-refractivity contribution in [1.29, 1.82) is 0 Å². The van der Waals surface area contributed by atoms with Crippen molar-refractivity contribution in [2.24, 2.45) is 0 Å². The molecule has 0 aromatic heterocycles. The third-order valence-corrected chi connectivity index (χ3v) is 1.22. The smallest absolute Gasteiger partial charge is 0.137 e. The van der Waals surface area contributed by atoms with Crippen molar-refractivity contribution in [3.05, 3.63) is 12.3 Å². The number of hydrogen-bond donors (Lipinski definition) is 0. The largest absolute Gasteiger partial charge is 0.302 e. The highest BCUT2D eigenvalue weighted by Gasteiger charge is 1.54. The van der Waals surface area contributed by atoms with Crippen molar-refractivity contribution in [2.75, 3.05) is 0 Å². The normalized spacial score (nSPS) is 6.80. The van der Waals surface area contributed by atoms with Crippen molar-refractivity contribution in [3.8, 4) is 0 Å². The Morgan fingerprint density at radius 1 is 1.60 bits per heavy atom. The Balaban J connectivity index is 2.83. The summed E-state index contributed by atoms with van der Waals surface area (Å²) in [6.07, 6.45) is 0. The van der Waals surface area contributed by atoms with Gasteiger partial charge in [-0.25, -0.2) is 5.70 Å². The van der Waals surface area contributed by atoms with Crippen LogP contribution in [0.4, 0.5) is 0 Å². The van der Waals surface area contributed by atoms with Gasteiger partial charge >= 0.3 is 0 Å². The summed E-state index contributed by atoms with van der Waals surface area (Å²) in [6, 6.07) is 0. The molecule has 0 aliphatic rings. The molecule has 0 atom stereocenters. The maximum atomic E-state index is 3.61. The molecule has 0 rings (SSSR count). The van der Waals surface area contributed by atoms with Crippen LogP contribution < -0.4 is 0 Å². The lowest BCUT2D eigenvalue weighted by molar-refractivity contribution is 2.00. The fourth-order valence-corrected chi connectivity index (χ4v) is 0. The van der Waals surface area contributed by atoms with E-state index in [9.17, 15) is 0 Å². The Morgan fingerprint density at radius 3 is 1.80 bits per heavy atom. The van der Waals surface area contributed by atoms with Crippen LogP contribution >= 0.6 is 0 Å². The van der Waals surface area contributed by atoms with Crippen LogP contribution in [0.25, 0.3) is 0 Å². The topological polar surface area (TPSA) is 0 Å². The fourth-order valence-electron chi connectivity index (χ4n) is 0. The standard InChI is InChI=1S/C4H9Si/c1-4-5(2)3/h4H,1H2,2-3H3/q-1. The summed E-state index contributed by atoms with van der Waals surface area (Å²) in [4.78, 5) is 0. The highest BCUT2D eigenvalue weighted by Crippen LogP contribution is 1.73. The van der Waals surface area contributed by atoms with E-state index < -0.39 is 0 Å². The van der Waals surface area contributed by atoms with Gasteiger partial charge in [0, 0.05) is 0 Å². The van der Waals surface area contributed by atoms with Gasteiger partial charge < -0.3 is 8.80 Å². The zero-order chi connectivity index (χ0) is 4.28. The summed E-state index contributed by atoms with van der Waals surface area (Å²) in [5, 5.41) is 0. The molecule has 0 aliphatic heterocycles. The highest BCUT2D eigenvalue weighted by atomic mass is 28.3. The second-order valence-corrected chi connectivity index (χ2v) is 3.84. The third kappa shape index (κ3) is 3.96. The van der Waals surface area contributed by atoms with Crippen LogP contribution in [0.5, 0.6) is 0 Å². The quantitative estimate of drug-likeness (QED) is 0.423. The predicted octanol–water partition coefficient (Wildman–Crippen LogP) is 1.47. The first kappa shape index (κ1) is 4.96. The van der Waals surface area contributed by atoms with Gasteiger partial charge in [-0.05, 0) is 0 Å². The van der Waals surface area contributed by atoms with Crippen LogP contribution in [0.2, 0.25) is 13.1 Å². The van der Waals surface area contributed by atoms with Gasteiger partial charge in [-0.3, -0.25) is 0 Å². The molecule has 0 unspecified atom stereocenters. The Labute approximate surface area is 35.1 Å². The monoisotopic (exact) mass is 85.0 g/mol. The molecule has 0 aromatic rings. The van der Waals surface area contributed by atoms with Gasteiger partial charge in [-0.15, -0.1) is 6.58 Å².